The Hall–Kier alpha value is -6.96. The minimum atomic E-state index is -3.24. The smallest absolute Gasteiger partial charge is 0.364 e. The van der Waals surface area contributed by atoms with Gasteiger partial charge in [0.1, 0.15) is 103 Å². The molecule has 5 rings (SSSR count). The van der Waals surface area contributed by atoms with E-state index in [4.69, 9.17) is 34.2 Å². The van der Waals surface area contributed by atoms with Crippen molar-refractivity contribution >= 4 is 70.9 Å². The molecule has 5 heterocycles. The molecule has 11 amide bonds. The number of rotatable bonds is 29. The number of nitrogens with one attached hydrogen (secondary N) is 8. The third kappa shape index (κ3) is 19.1. The van der Waals surface area contributed by atoms with Crippen LogP contribution in [0.3, 0.4) is 0 Å². The Morgan fingerprint density at radius 2 is 1.20 bits per heavy atom. The summed E-state index contributed by atoms with van der Waals surface area (Å²) >= 11 is 0. The van der Waals surface area contributed by atoms with Gasteiger partial charge in [0.15, 0.2) is 12.6 Å². The van der Waals surface area contributed by atoms with E-state index in [0.717, 1.165) is 34.6 Å². The number of carbonyl (C=O) groups is 12. The van der Waals surface area contributed by atoms with Crippen LogP contribution in [0.2, 0.25) is 0 Å². The van der Waals surface area contributed by atoms with Crippen LogP contribution in [0.15, 0.2) is 0 Å². The molecule has 5 fully saturated rings. The van der Waals surface area contributed by atoms with E-state index in [1.54, 1.807) is 0 Å². The monoisotopic (exact) mass is 1340 g/mol. The Balaban J connectivity index is 1.51. The summed E-state index contributed by atoms with van der Waals surface area (Å²) in [5.74, 6) is -15.2. The van der Waals surface area contributed by atoms with Crippen LogP contribution in [0.4, 0.5) is 0 Å². The second-order valence-corrected chi connectivity index (χ2v) is 23.2. The maximum absolute atomic E-state index is 14.7. The molecule has 39 heteroatoms. The van der Waals surface area contributed by atoms with Crippen molar-refractivity contribution in [1.82, 2.24) is 52.3 Å². The van der Waals surface area contributed by atoms with E-state index in [1.165, 1.54) is 23.6 Å². The van der Waals surface area contributed by atoms with Crippen molar-refractivity contribution in [3.05, 3.63) is 0 Å². The molecule has 0 bridgehead atoms. The first-order valence-electron chi connectivity index (χ1n) is 29.9. The third-order valence-electron chi connectivity index (χ3n) is 16.2. The molecule has 0 aromatic carbocycles. The van der Waals surface area contributed by atoms with Gasteiger partial charge in [0.25, 0.3) is 5.79 Å². The van der Waals surface area contributed by atoms with Gasteiger partial charge in [-0.2, -0.15) is 0 Å². The summed E-state index contributed by atoms with van der Waals surface area (Å²) in [7, 11) is 0. The molecule has 39 nitrogen and oxygen atoms in total. The first-order chi connectivity index (χ1) is 43.6. The predicted molar refractivity (Wildman–Crippen MR) is 305 cm³/mol. The zero-order valence-electron chi connectivity index (χ0n) is 52.0. The second-order valence-electron chi connectivity index (χ2n) is 23.2. The molecule has 13 unspecified atom stereocenters. The van der Waals surface area contributed by atoms with Crippen LogP contribution in [0, 0.1) is 0 Å². The van der Waals surface area contributed by atoms with Gasteiger partial charge >= 0.3 is 5.97 Å². The van der Waals surface area contributed by atoms with Crippen molar-refractivity contribution in [2.45, 2.75) is 220 Å². The number of nitrogens with zero attached hydrogens (tertiary/aromatic N) is 2. The summed E-state index contributed by atoms with van der Waals surface area (Å²) in [6.07, 6.45) is -27.0. The van der Waals surface area contributed by atoms with Gasteiger partial charge < -0.3 is 138 Å². The lowest BCUT2D eigenvalue weighted by Crippen LogP contribution is -2.73. The van der Waals surface area contributed by atoms with Crippen LogP contribution in [0.5, 0.6) is 0 Å². The Kier molecular flexibility index (Phi) is 28.0. The van der Waals surface area contributed by atoms with Crippen molar-refractivity contribution in [2.24, 2.45) is 5.73 Å². The quantitative estimate of drug-likeness (QED) is 0.0331. The number of carboxylic acid groups (broad SMARTS) is 1. The molecule has 5 aliphatic rings. The van der Waals surface area contributed by atoms with Gasteiger partial charge in [-0.15, -0.1) is 0 Å². The van der Waals surface area contributed by atoms with Gasteiger partial charge in [0.05, 0.1) is 51.2 Å². The van der Waals surface area contributed by atoms with Crippen molar-refractivity contribution in [2.75, 3.05) is 46.1 Å². The first-order valence-corrected chi connectivity index (χ1v) is 29.9. The fourth-order valence-corrected chi connectivity index (χ4v) is 11.4. The number of carboxylic acids is 1. The number of likely N-dealkylation sites (tertiary alicyclic amines) is 2. The first kappa shape index (κ1) is 76.7. The predicted octanol–water partition coefficient (Wildman–Crippen LogP) is -11.9. The zero-order chi connectivity index (χ0) is 69.7. The number of primary amides is 1. The molecular formula is C54H87N11O28. The molecule has 0 aliphatic carbocycles. The second kappa shape index (κ2) is 33.9. The van der Waals surface area contributed by atoms with Crippen molar-refractivity contribution in [1.29, 1.82) is 0 Å². The topological polar surface area (TPSA) is 591 Å². The van der Waals surface area contributed by atoms with Gasteiger partial charge in [-0.05, 0) is 46.5 Å². The largest absolute Gasteiger partial charge is 0.477 e. The molecule has 5 aliphatic heterocycles. The van der Waals surface area contributed by atoms with Crippen molar-refractivity contribution < 1.29 is 137 Å². The number of aliphatic hydroxyl groups is 9. The van der Waals surface area contributed by atoms with E-state index in [9.17, 15) is 109 Å². The molecule has 0 saturated carbocycles. The van der Waals surface area contributed by atoms with E-state index in [-0.39, 0.29) is 25.9 Å². The summed E-state index contributed by atoms with van der Waals surface area (Å²) in [5.41, 5.74) is 5.32. The molecule has 0 radical (unpaired) electrons. The summed E-state index contributed by atoms with van der Waals surface area (Å²) < 4.78 is 36.1. The number of amides is 11. The SMILES string of the molecule is CC(=O)NCC(=O)NC(CO)C(=O)NC(C(=O)NC(C)C(=O)N1CCCC1C(=O)N1CCCC1C(=O)NC(C)C(N)=O)C(C)O[C@@H]1OC(CO)[C@H](O)[C@H](O[C@@H]2OC(CO)[C@H](O)[C@H](O[C@]3(C(=O)O)CC(O)[C@@H](NC(C)=O)C([C@H](O)[C@H](O)CO)O3)C2NC(C)=O)C1NC(C)=O. The van der Waals surface area contributed by atoms with Gasteiger partial charge in [0, 0.05) is 47.2 Å². The minimum Gasteiger partial charge on any atom is -0.477 e. The molecule has 0 aromatic heterocycles. The van der Waals surface area contributed by atoms with Crippen LogP contribution >= 0.6 is 0 Å². The van der Waals surface area contributed by atoms with Crippen LogP contribution < -0.4 is 48.3 Å². The lowest BCUT2D eigenvalue weighted by molar-refractivity contribution is -0.366. The Bertz CT molecular complexity index is 2700. The molecule has 5 saturated heterocycles. The third-order valence-corrected chi connectivity index (χ3v) is 16.2. The summed E-state index contributed by atoms with van der Waals surface area (Å²) in [5, 5.41) is 127. The number of aliphatic hydroxyl groups excluding tert-OH is 9. The maximum atomic E-state index is 14.7. The Morgan fingerprint density at radius 1 is 0.656 bits per heavy atom. The number of ether oxygens (including phenoxy) is 6. The van der Waals surface area contributed by atoms with Gasteiger partial charge in [-0.1, -0.05) is 0 Å². The highest BCUT2D eigenvalue weighted by Gasteiger charge is 2.61. The van der Waals surface area contributed by atoms with Crippen LogP contribution in [0.25, 0.3) is 0 Å². The molecule has 0 spiro atoms. The highest BCUT2D eigenvalue weighted by molar-refractivity contribution is 5.98. The van der Waals surface area contributed by atoms with Gasteiger partial charge in [-0.3, -0.25) is 52.7 Å². The van der Waals surface area contributed by atoms with E-state index in [0.29, 0.717) is 12.8 Å². The lowest BCUT2D eigenvalue weighted by atomic mass is 9.88. The molecular weight excluding hydrogens is 1250 g/mol. The minimum absolute atomic E-state index is 0.00157. The summed E-state index contributed by atoms with van der Waals surface area (Å²) in [6.45, 7) is 2.57. The maximum Gasteiger partial charge on any atom is 0.364 e. The van der Waals surface area contributed by atoms with Gasteiger partial charge in [-0.25, -0.2) is 4.79 Å². The average molecular weight is 1340 g/mol. The number of hydrogen-bond donors (Lipinski definition) is 19. The Labute approximate surface area is 531 Å². The molecule has 23 atom stereocenters. The highest BCUT2D eigenvalue weighted by atomic mass is 16.8. The van der Waals surface area contributed by atoms with Gasteiger partial charge in [0.2, 0.25) is 65.0 Å². The number of nitrogens with two attached hydrogens (primary N) is 1. The molecule has 93 heavy (non-hydrogen) atoms. The summed E-state index contributed by atoms with van der Waals surface area (Å²) in [4.78, 5) is 161. The van der Waals surface area contributed by atoms with Crippen LogP contribution in [0.1, 0.15) is 80.6 Å². The standard InChI is InChI=1S/C54H87N11O28/c1-20(45(55)80)57-47(82)28-10-8-12-64(28)50(85)29-11-9-13-65(29)49(84)21(2)58-48(83)35(63-46(81)27(16-66)62-34(76)15-56-23(4)70)22(3)88-51-37(60-25(6)72)42(40(78)32(18-68)89-51)91-52-38(61-26(7)73)44(41(79)33(19-69)90-52)93-54(53(86)87)14-30(74)36(59-24(5)71)43(92-54)39(77)31(75)17-67/h20-22,27-33,35-44,51-52,66-69,74-75,77-79H,8-19H2,1-7H3,(H2,55,80)(H,56,70)(H,57,82)(H,58,83)(H,59,71)(H,60,72)(H,61,73)(H,62,76)(H,63,81)(H,86,87)/t20?,21?,22?,27?,28?,29?,30?,31-,32?,33?,35?,36-,37?,38?,39-,40+,41+,42-,43?,44-,51-,52+,54+/m1/s1. The zero-order valence-corrected chi connectivity index (χ0v) is 52.0. The van der Waals surface area contributed by atoms with Crippen molar-refractivity contribution in [3.63, 3.8) is 0 Å². The molecule has 0 aromatic rings. The molecule has 526 valence electrons. The normalized spacial score (nSPS) is 31.8. The highest BCUT2D eigenvalue weighted by Crippen LogP contribution is 2.39. The lowest BCUT2D eigenvalue weighted by Gasteiger charge is -2.52. The van der Waals surface area contributed by atoms with E-state index >= 15 is 0 Å². The number of hydrogen-bond acceptors (Lipinski definition) is 27. The van der Waals surface area contributed by atoms with Crippen LogP contribution in [-0.2, 0) is 86.0 Å². The fraction of sp³-hybridized carbons (Fsp3) is 0.778. The average Bonchev–Trinajstić information content (AvgIpc) is 0.779. The van der Waals surface area contributed by atoms with E-state index in [1.807, 2.05) is 0 Å². The fourth-order valence-electron chi connectivity index (χ4n) is 11.4. The Morgan fingerprint density at radius 3 is 1.74 bits per heavy atom. The molecule has 20 N–H and O–H groups in total. The van der Waals surface area contributed by atoms with Crippen LogP contribution in [-0.4, -0.2) is 318 Å². The van der Waals surface area contributed by atoms with E-state index < -0.39 is 250 Å². The number of carbonyl (C=O) groups excluding carboxylic acids is 11. The van der Waals surface area contributed by atoms with E-state index in [2.05, 4.69) is 42.5 Å². The number of aliphatic carboxylic acids is 1. The van der Waals surface area contributed by atoms with Crippen molar-refractivity contribution in [3.8, 4) is 0 Å². The summed E-state index contributed by atoms with van der Waals surface area (Å²) in [6, 6.07) is -14.3.